The third-order valence-corrected chi connectivity index (χ3v) is 11.3. The van der Waals surface area contributed by atoms with E-state index in [2.05, 4.69) is 52.0 Å². The number of rotatable bonds is 18. The molecule has 0 saturated heterocycles. The van der Waals surface area contributed by atoms with E-state index in [1.54, 1.807) is 0 Å². The summed E-state index contributed by atoms with van der Waals surface area (Å²) >= 11 is 7.69. The van der Waals surface area contributed by atoms with Gasteiger partial charge in [0.15, 0.2) is 0 Å². The molecule has 0 saturated carbocycles. The molecule has 0 N–H and O–H groups in total. The van der Waals surface area contributed by atoms with Gasteiger partial charge in [0.1, 0.15) is 62.8 Å². The molecule has 0 spiro atoms. The quantitative estimate of drug-likeness (QED) is 0.117. The Labute approximate surface area is 359 Å². The van der Waals surface area contributed by atoms with Crippen LogP contribution in [0.2, 0.25) is 5.02 Å². The van der Waals surface area contributed by atoms with Crippen LogP contribution in [-0.4, -0.2) is 62.8 Å². The van der Waals surface area contributed by atoms with Gasteiger partial charge in [0, 0.05) is 22.7 Å². The second-order valence-electron chi connectivity index (χ2n) is 15.0. The molecule has 0 fully saturated rings. The largest absolute Gasteiger partial charge is 0.310 e. The summed E-state index contributed by atoms with van der Waals surface area (Å²) in [5.41, 5.74) is 10.4. The molecule has 5 rings (SSSR count). The van der Waals surface area contributed by atoms with Crippen LogP contribution in [0.25, 0.3) is 0 Å². The number of unbranched alkanes of at least 4 members (excludes halogenated alkanes) is 4. The van der Waals surface area contributed by atoms with E-state index in [-0.39, 0.29) is 0 Å². The first-order valence-electron chi connectivity index (χ1n) is 20.5. The molecule has 0 aliphatic carbocycles. The number of halogens is 1. The van der Waals surface area contributed by atoms with Crippen molar-refractivity contribution in [2.45, 2.75) is 105 Å². The van der Waals surface area contributed by atoms with Gasteiger partial charge in [0.25, 0.3) is 0 Å². The van der Waals surface area contributed by atoms with Crippen LogP contribution >= 0.6 is 11.6 Å². The average Bonchev–Trinajstić information content (AvgIpc) is 3.22. The maximum absolute atomic E-state index is 7.69. The molecule has 2 nitrogen and oxygen atoms in total. The Morgan fingerprint density at radius 3 is 1.00 bits per heavy atom. The van der Waals surface area contributed by atoms with Gasteiger partial charge < -0.3 is 9.80 Å². The molecule has 5 aromatic carbocycles. The number of hydrogen-bond acceptors (Lipinski definition) is 2. The number of anilines is 6. The van der Waals surface area contributed by atoms with Crippen LogP contribution in [0.3, 0.4) is 0 Å². The first-order valence-corrected chi connectivity index (χ1v) is 20.8. The number of aryl methyl sites for hydroxylation is 2. The summed E-state index contributed by atoms with van der Waals surface area (Å²) in [4.78, 5) is 3.87. The Kier molecular flexibility index (Phi) is 16.0. The van der Waals surface area contributed by atoms with Crippen molar-refractivity contribution < 1.29 is 0 Å². The lowest BCUT2D eigenvalue weighted by atomic mass is 9.65. The van der Waals surface area contributed by atoms with Gasteiger partial charge in [0.2, 0.25) is 0 Å². The predicted octanol–water partition coefficient (Wildman–Crippen LogP) is 5.00. The summed E-state index contributed by atoms with van der Waals surface area (Å²) in [6.45, 7) is 8.60. The fourth-order valence-electron chi connectivity index (χ4n) is 7.48. The van der Waals surface area contributed by atoms with Crippen molar-refractivity contribution in [1.29, 1.82) is 0 Å². The molecular formula is C46H47B8ClN2. The lowest BCUT2D eigenvalue weighted by molar-refractivity contribution is 0.795. The SMILES string of the molecule is [B]c1c([B])c(N(c2ccc(CCCC)cc2)c2cccc(N(c3ccc(CCCC)cc3)c3c([B])c([B])c(CCCC)c([B])c3[B])c2Cl)c([B])c([B])c1CCCC. The van der Waals surface area contributed by atoms with E-state index >= 15 is 0 Å². The van der Waals surface area contributed by atoms with E-state index in [1.165, 1.54) is 11.1 Å². The maximum atomic E-state index is 7.69. The zero-order chi connectivity index (χ0) is 41.4. The van der Waals surface area contributed by atoms with Gasteiger partial charge in [-0.15, -0.1) is 0 Å². The van der Waals surface area contributed by atoms with Gasteiger partial charge in [-0.05, 0) is 98.9 Å². The molecule has 0 heterocycles. The van der Waals surface area contributed by atoms with Gasteiger partial charge in [-0.1, -0.05) is 150 Å². The van der Waals surface area contributed by atoms with Crippen molar-refractivity contribution >= 4 is 152 Å². The summed E-state index contributed by atoms with van der Waals surface area (Å²) < 4.78 is 0. The molecule has 5 aromatic rings. The summed E-state index contributed by atoms with van der Waals surface area (Å²) in [5.74, 6) is 0. The van der Waals surface area contributed by atoms with E-state index in [0.717, 1.165) is 86.7 Å². The second kappa shape index (κ2) is 20.5. The van der Waals surface area contributed by atoms with E-state index in [0.29, 0.717) is 84.3 Å². The van der Waals surface area contributed by atoms with Crippen molar-refractivity contribution in [3.63, 3.8) is 0 Å². The summed E-state index contributed by atoms with van der Waals surface area (Å²) in [6, 6.07) is 22.4. The molecule has 0 atom stereocenters. The molecule has 0 amide bonds. The van der Waals surface area contributed by atoms with Gasteiger partial charge in [-0.3, -0.25) is 0 Å². The minimum absolute atomic E-state index is 0.320. The third-order valence-electron chi connectivity index (χ3n) is 11.0. The number of nitrogens with zero attached hydrogens (tertiary/aromatic N) is 2. The Morgan fingerprint density at radius 2 is 0.702 bits per heavy atom. The monoisotopic (exact) mass is 750 g/mol. The van der Waals surface area contributed by atoms with Gasteiger partial charge in [0.05, 0.1) is 16.4 Å². The van der Waals surface area contributed by atoms with Crippen molar-refractivity contribution in [2.24, 2.45) is 0 Å². The van der Waals surface area contributed by atoms with Gasteiger partial charge in [-0.2, -0.15) is 0 Å². The van der Waals surface area contributed by atoms with Gasteiger partial charge >= 0.3 is 0 Å². The molecule has 0 bridgehead atoms. The molecule has 57 heavy (non-hydrogen) atoms. The highest BCUT2D eigenvalue weighted by atomic mass is 35.5. The van der Waals surface area contributed by atoms with Crippen molar-refractivity contribution in [1.82, 2.24) is 0 Å². The normalized spacial score (nSPS) is 11.2. The van der Waals surface area contributed by atoms with Crippen molar-refractivity contribution in [3.8, 4) is 0 Å². The molecule has 16 radical (unpaired) electrons. The second-order valence-corrected chi connectivity index (χ2v) is 15.4. The third kappa shape index (κ3) is 9.54. The lowest BCUT2D eigenvalue weighted by Crippen LogP contribution is -2.48. The molecule has 11 heteroatoms. The van der Waals surface area contributed by atoms with Crippen LogP contribution in [0, 0.1) is 0 Å². The van der Waals surface area contributed by atoms with Crippen LogP contribution < -0.4 is 53.5 Å². The number of hydrogen-bond donors (Lipinski definition) is 0. The van der Waals surface area contributed by atoms with Crippen LogP contribution in [0.15, 0.2) is 66.7 Å². The average molecular weight is 750 g/mol. The zero-order valence-electron chi connectivity index (χ0n) is 34.2. The Balaban J connectivity index is 1.81. The minimum atomic E-state index is 0.320. The summed E-state index contributed by atoms with van der Waals surface area (Å²) in [7, 11) is 55.1. The maximum Gasteiger partial charge on any atom is 0.115 e. The van der Waals surface area contributed by atoms with Crippen LogP contribution in [0.5, 0.6) is 0 Å². The highest BCUT2D eigenvalue weighted by molar-refractivity contribution is 6.62. The highest BCUT2D eigenvalue weighted by Gasteiger charge is 2.27. The highest BCUT2D eigenvalue weighted by Crippen LogP contribution is 2.45. The van der Waals surface area contributed by atoms with Crippen molar-refractivity contribution in [3.05, 3.63) is 94.0 Å². The van der Waals surface area contributed by atoms with Gasteiger partial charge in [-0.25, -0.2) is 0 Å². The van der Waals surface area contributed by atoms with E-state index < -0.39 is 0 Å². The Morgan fingerprint density at radius 1 is 0.404 bits per heavy atom. The fraction of sp³-hybridized carbons (Fsp3) is 0.348. The standard InChI is InChI=1S/C46H47B8ClN2/c1-5-9-14-28-20-24-30(25-21-28)56(45-40(51)36(47)32(16-11-7-3)37(48)41(45)52)34-18-13-19-35(44(34)55)57(31-26-22-29(23-27-31)15-10-6-2)46-42(53)38(49)33(17-12-8-4)39(50)43(46)54/h13,18-27H,5-12,14-17H2,1-4H3. The van der Waals surface area contributed by atoms with E-state index in [9.17, 15) is 0 Å². The van der Waals surface area contributed by atoms with E-state index in [4.69, 9.17) is 74.4 Å². The first kappa shape index (κ1) is 44.6. The van der Waals surface area contributed by atoms with E-state index in [1.807, 2.05) is 52.3 Å². The predicted molar refractivity (Wildman–Crippen MR) is 258 cm³/mol. The molecule has 0 aromatic heterocycles. The number of benzene rings is 5. The fourth-order valence-corrected chi connectivity index (χ4v) is 7.78. The summed E-state index contributed by atoms with van der Waals surface area (Å²) in [5, 5.41) is 0.361. The van der Waals surface area contributed by atoms with Crippen molar-refractivity contribution in [2.75, 3.05) is 9.80 Å². The molecule has 0 aliphatic rings. The molecule has 0 aliphatic heterocycles. The minimum Gasteiger partial charge on any atom is -0.310 e. The van der Waals surface area contributed by atoms with Crippen LogP contribution in [0.1, 0.15) is 101 Å². The lowest BCUT2D eigenvalue weighted by Gasteiger charge is -2.36. The Hall–Kier alpha value is -3.49. The smallest absolute Gasteiger partial charge is 0.115 e. The first-order chi connectivity index (χ1) is 27.4. The molecule has 0 unspecified atom stereocenters. The Bertz CT molecular complexity index is 1950. The topological polar surface area (TPSA) is 6.48 Å². The zero-order valence-corrected chi connectivity index (χ0v) is 35.0. The summed E-state index contributed by atoms with van der Waals surface area (Å²) in [6.07, 6.45) is 11.3. The van der Waals surface area contributed by atoms with Crippen LogP contribution in [0.4, 0.5) is 34.1 Å². The van der Waals surface area contributed by atoms with Crippen LogP contribution in [-0.2, 0) is 25.7 Å². The molecular weight excluding hydrogens is 702 g/mol. The molecule has 272 valence electrons.